The van der Waals surface area contributed by atoms with E-state index in [1.807, 2.05) is 26.0 Å². The first kappa shape index (κ1) is 26.2. The number of carboxylic acids is 1. The van der Waals surface area contributed by atoms with E-state index in [4.69, 9.17) is 10.1 Å². The molecular formula is C29H29FN2O5. The molecule has 192 valence electrons. The van der Waals surface area contributed by atoms with Gasteiger partial charge in [0.25, 0.3) is 5.91 Å². The van der Waals surface area contributed by atoms with Crippen molar-refractivity contribution >= 4 is 18.0 Å². The summed E-state index contributed by atoms with van der Waals surface area (Å²) < 4.78 is 13.8. The van der Waals surface area contributed by atoms with Crippen LogP contribution in [0.2, 0.25) is 0 Å². The summed E-state index contributed by atoms with van der Waals surface area (Å²) >= 11 is 0. The molecule has 3 aromatic rings. The number of carbonyl (C=O) groups excluding carboxylic acids is 1. The fourth-order valence-electron chi connectivity index (χ4n) is 4.61. The monoisotopic (exact) mass is 504 g/mol. The maximum atomic E-state index is 13.8. The molecule has 0 radical (unpaired) electrons. The summed E-state index contributed by atoms with van der Waals surface area (Å²) in [6, 6.07) is 13.3. The Labute approximate surface area is 214 Å². The highest BCUT2D eigenvalue weighted by Gasteiger charge is 2.27. The quantitative estimate of drug-likeness (QED) is 0.358. The lowest BCUT2D eigenvalue weighted by Crippen LogP contribution is -2.21. The van der Waals surface area contributed by atoms with Crippen molar-refractivity contribution in [2.45, 2.75) is 51.4 Å². The first-order valence-electron chi connectivity index (χ1n) is 12.1. The number of aliphatic hydroxyl groups excluding tert-OH is 2. The third-order valence-electron chi connectivity index (χ3n) is 6.31. The molecule has 1 aliphatic rings. The molecule has 1 amide bonds. The summed E-state index contributed by atoms with van der Waals surface area (Å²) in [5, 5.41) is 32.3. The van der Waals surface area contributed by atoms with Gasteiger partial charge in [-0.1, -0.05) is 56.3 Å². The fourth-order valence-corrected chi connectivity index (χ4v) is 4.61. The number of hydrogen-bond acceptors (Lipinski definition) is 5. The Morgan fingerprint density at radius 2 is 1.78 bits per heavy atom. The van der Waals surface area contributed by atoms with Crippen LogP contribution in [-0.2, 0) is 11.3 Å². The van der Waals surface area contributed by atoms with Crippen LogP contribution >= 0.6 is 0 Å². The maximum Gasteiger partial charge on any atom is 0.305 e. The average molecular weight is 505 g/mol. The van der Waals surface area contributed by atoms with E-state index in [-0.39, 0.29) is 30.6 Å². The van der Waals surface area contributed by atoms with E-state index in [1.54, 1.807) is 30.3 Å². The van der Waals surface area contributed by atoms with Crippen molar-refractivity contribution in [1.29, 1.82) is 0 Å². The van der Waals surface area contributed by atoms with Gasteiger partial charge < -0.3 is 20.6 Å². The van der Waals surface area contributed by atoms with Gasteiger partial charge in [0.1, 0.15) is 5.82 Å². The molecular weight excluding hydrogens is 475 g/mol. The lowest BCUT2D eigenvalue weighted by Gasteiger charge is -2.22. The van der Waals surface area contributed by atoms with Crippen molar-refractivity contribution in [3.8, 4) is 22.4 Å². The number of amides is 1. The largest absolute Gasteiger partial charge is 0.481 e. The molecule has 37 heavy (non-hydrogen) atoms. The zero-order valence-corrected chi connectivity index (χ0v) is 20.6. The Hall–Kier alpha value is -3.88. The highest BCUT2D eigenvalue weighted by molar-refractivity contribution is 6.03. The molecule has 7 nitrogen and oxygen atoms in total. The Bertz CT molecular complexity index is 1350. The number of pyridine rings is 1. The number of fused-ring (bicyclic) bond motifs is 3. The molecule has 2 heterocycles. The van der Waals surface area contributed by atoms with E-state index in [0.29, 0.717) is 22.4 Å². The third kappa shape index (κ3) is 5.76. The van der Waals surface area contributed by atoms with Crippen LogP contribution in [-0.4, -0.2) is 44.4 Å². The van der Waals surface area contributed by atoms with Crippen LogP contribution in [0.15, 0.2) is 54.6 Å². The fraction of sp³-hybridized carbons (Fsp3) is 0.276. The molecule has 0 spiro atoms. The van der Waals surface area contributed by atoms with Crippen LogP contribution in [0.3, 0.4) is 0 Å². The predicted molar refractivity (Wildman–Crippen MR) is 138 cm³/mol. The van der Waals surface area contributed by atoms with Gasteiger partial charge >= 0.3 is 5.97 Å². The van der Waals surface area contributed by atoms with Gasteiger partial charge in [0, 0.05) is 35.2 Å². The average Bonchev–Trinajstić information content (AvgIpc) is 2.98. The van der Waals surface area contributed by atoms with Gasteiger partial charge in [-0.25, -0.2) is 4.39 Å². The molecule has 0 saturated carbocycles. The summed E-state index contributed by atoms with van der Waals surface area (Å²) in [5.74, 6) is -1.80. The maximum absolute atomic E-state index is 13.8. The van der Waals surface area contributed by atoms with Gasteiger partial charge in [-0.3, -0.25) is 14.6 Å². The van der Waals surface area contributed by atoms with E-state index in [9.17, 15) is 24.2 Å². The molecule has 4 N–H and O–H groups in total. The van der Waals surface area contributed by atoms with Gasteiger partial charge in [-0.15, -0.1) is 0 Å². The zero-order chi connectivity index (χ0) is 26.7. The summed E-state index contributed by atoms with van der Waals surface area (Å²) in [5.41, 5.74) is 5.51. The van der Waals surface area contributed by atoms with Crippen LogP contribution in [0, 0.1) is 5.82 Å². The van der Waals surface area contributed by atoms with Crippen molar-refractivity contribution in [2.75, 3.05) is 0 Å². The highest BCUT2D eigenvalue weighted by Crippen LogP contribution is 2.40. The highest BCUT2D eigenvalue weighted by atomic mass is 19.1. The van der Waals surface area contributed by atoms with Crippen LogP contribution in [0.4, 0.5) is 4.39 Å². The van der Waals surface area contributed by atoms with Crippen LogP contribution in [0.5, 0.6) is 0 Å². The van der Waals surface area contributed by atoms with Crippen molar-refractivity contribution in [2.24, 2.45) is 0 Å². The molecule has 0 aliphatic carbocycles. The number of halogens is 1. The molecule has 1 aliphatic heterocycles. The first-order valence-corrected chi connectivity index (χ1v) is 12.1. The van der Waals surface area contributed by atoms with Crippen molar-refractivity contribution in [1.82, 2.24) is 10.3 Å². The number of benzene rings is 2. The summed E-state index contributed by atoms with van der Waals surface area (Å²) in [6.07, 6.45) is 0.287. The number of carbonyl (C=O) groups is 2. The normalized spacial score (nSPS) is 14.6. The van der Waals surface area contributed by atoms with E-state index in [0.717, 1.165) is 22.4 Å². The van der Waals surface area contributed by atoms with Crippen LogP contribution in [0.1, 0.15) is 59.8 Å². The minimum atomic E-state index is -1.20. The van der Waals surface area contributed by atoms with Crippen LogP contribution in [0.25, 0.3) is 28.5 Å². The second-order valence-corrected chi connectivity index (χ2v) is 9.42. The number of aliphatic hydroxyl groups is 2. The van der Waals surface area contributed by atoms with Gasteiger partial charge in [-0.05, 0) is 35.2 Å². The molecule has 0 fully saturated rings. The standard InChI is InChI=1S/C29H29FN2O5/c1-16(2)27-23(12-11-19(33)13-20(34)14-25(35)36)26(17-7-9-18(30)10-8-17)24-15-31-29(37)22-6-4-3-5-21(22)28(24)32-27/h3-12,16,19-20,33-34H,13-15H2,1-2H3,(H,31,37)(H,35,36)/t19-,20-/m1/s1. The lowest BCUT2D eigenvalue weighted by molar-refractivity contribution is -0.139. The first-order chi connectivity index (χ1) is 17.7. The second-order valence-electron chi connectivity index (χ2n) is 9.42. The van der Waals surface area contributed by atoms with E-state index >= 15 is 0 Å². The number of nitrogens with one attached hydrogen (secondary N) is 1. The van der Waals surface area contributed by atoms with E-state index < -0.39 is 24.6 Å². The smallest absolute Gasteiger partial charge is 0.305 e. The summed E-state index contributed by atoms with van der Waals surface area (Å²) in [7, 11) is 0. The molecule has 2 atom stereocenters. The second kappa shape index (κ2) is 11.0. The van der Waals surface area contributed by atoms with E-state index in [2.05, 4.69) is 5.32 Å². The topological polar surface area (TPSA) is 120 Å². The minimum absolute atomic E-state index is 0.0435. The molecule has 1 aromatic heterocycles. The van der Waals surface area contributed by atoms with Gasteiger partial charge in [0.2, 0.25) is 0 Å². The molecule has 2 aromatic carbocycles. The summed E-state index contributed by atoms with van der Waals surface area (Å²) in [4.78, 5) is 28.7. The molecule has 0 bridgehead atoms. The van der Waals surface area contributed by atoms with Crippen molar-refractivity contribution in [3.63, 3.8) is 0 Å². The SMILES string of the molecule is CC(C)c1nc2c(c(-c3ccc(F)cc3)c1C=C[C@@H](O)C[C@@H](O)CC(=O)O)CNC(=O)c1ccccc1-2. The molecule has 0 unspecified atom stereocenters. The van der Waals surface area contributed by atoms with Gasteiger partial charge in [-0.2, -0.15) is 0 Å². The Kier molecular flexibility index (Phi) is 7.80. The number of aromatic nitrogens is 1. The Morgan fingerprint density at radius 3 is 2.43 bits per heavy atom. The zero-order valence-electron chi connectivity index (χ0n) is 20.6. The van der Waals surface area contributed by atoms with Gasteiger partial charge in [0.15, 0.2) is 0 Å². The Morgan fingerprint density at radius 1 is 1.11 bits per heavy atom. The van der Waals surface area contributed by atoms with Crippen molar-refractivity contribution in [3.05, 3.63) is 82.8 Å². The Balaban J connectivity index is 1.92. The third-order valence-corrected chi connectivity index (χ3v) is 6.31. The number of aliphatic carboxylic acids is 1. The van der Waals surface area contributed by atoms with E-state index in [1.165, 1.54) is 18.2 Å². The van der Waals surface area contributed by atoms with Crippen LogP contribution < -0.4 is 5.32 Å². The predicted octanol–water partition coefficient (Wildman–Crippen LogP) is 4.52. The summed E-state index contributed by atoms with van der Waals surface area (Å²) in [6.45, 7) is 4.17. The minimum Gasteiger partial charge on any atom is -0.481 e. The molecule has 4 rings (SSSR count). The number of carboxylic acid groups (broad SMARTS) is 1. The van der Waals surface area contributed by atoms with Crippen molar-refractivity contribution < 1.29 is 29.3 Å². The number of hydrogen-bond donors (Lipinski definition) is 4. The van der Waals surface area contributed by atoms with Gasteiger partial charge in [0.05, 0.1) is 30.0 Å². The molecule has 8 heteroatoms. The number of rotatable bonds is 8. The molecule has 0 saturated heterocycles. The number of nitrogens with zero attached hydrogens (tertiary/aromatic N) is 1. The lowest BCUT2D eigenvalue weighted by atomic mass is 9.87.